The van der Waals surface area contributed by atoms with E-state index in [-0.39, 0.29) is 17.6 Å². The van der Waals surface area contributed by atoms with Gasteiger partial charge in [-0.15, -0.1) is 0 Å². The minimum atomic E-state index is -1.11. The number of hydrogen-bond acceptors (Lipinski definition) is 5. The first kappa shape index (κ1) is 24.9. The van der Waals surface area contributed by atoms with Crippen molar-refractivity contribution in [2.45, 2.75) is 37.3 Å². The second kappa shape index (κ2) is 11.9. The van der Waals surface area contributed by atoms with Gasteiger partial charge in [0.25, 0.3) is 5.91 Å². The Morgan fingerprint density at radius 3 is 2.32 bits per heavy atom. The van der Waals surface area contributed by atoms with Crippen molar-refractivity contribution in [1.29, 1.82) is 0 Å². The van der Waals surface area contributed by atoms with E-state index in [4.69, 9.17) is 16.7 Å². The summed E-state index contributed by atoms with van der Waals surface area (Å²) >= 11 is 5.96. The lowest BCUT2D eigenvalue weighted by molar-refractivity contribution is 0.0451. The van der Waals surface area contributed by atoms with Crippen LogP contribution in [-0.2, 0) is 0 Å². The van der Waals surface area contributed by atoms with Crippen LogP contribution in [0.4, 0.5) is 0 Å². The van der Waals surface area contributed by atoms with Gasteiger partial charge in [-0.3, -0.25) is 9.78 Å². The molecule has 3 aromatic rings. The van der Waals surface area contributed by atoms with Gasteiger partial charge in [-0.1, -0.05) is 41.6 Å². The molecule has 3 N–H and O–H groups in total. The molecule has 0 saturated heterocycles. The first-order valence-corrected chi connectivity index (χ1v) is 11.1. The first-order chi connectivity index (χ1) is 16.3. The first-order valence-electron chi connectivity index (χ1n) is 10.7. The molecule has 0 bridgehead atoms. The van der Waals surface area contributed by atoms with E-state index in [1.54, 1.807) is 48.7 Å². The highest BCUT2D eigenvalue weighted by Gasteiger charge is 2.33. The van der Waals surface area contributed by atoms with E-state index in [2.05, 4.69) is 27.1 Å². The van der Waals surface area contributed by atoms with E-state index in [9.17, 15) is 14.7 Å². The van der Waals surface area contributed by atoms with Crippen molar-refractivity contribution >= 4 is 23.5 Å². The third-order valence-electron chi connectivity index (χ3n) is 5.11. The van der Waals surface area contributed by atoms with E-state index in [0.29, 0.717) is 23.6 Å². The van der Waals surface area contributed by atoms with Crippen LogP contribution in [-0.4, -0.2) is 43.7 Å². The van der Waals surface area contributed by atoms with Crippen molar-refractivity contribution in [3.05, 3.63) is 95.0 Å². The molecule has 0 unspecified atom stereocenters. The Balaban J connectivity index is 0.000000302. The van der Waals surface area contributed by atoms with E-state index in [0.717, 1.165) is 18.4 Å². The highest BCUT2D eigenvalue weighted by molar-refractivity contribution is 6.30. The zero-order valence-electron chi connectivity index (χ0n) is 18.3. The number of carbonyl (C=O) groups is 2. The molecule has 1 amide bonds. The summed E-state index contributed by atoms with van der Waals surface area (Å²) in [6.45, 7) is 0. The largest absolute Gasteiger partial charge is 0.477 e. The smallest absolute Gasteiger partial charge is 0.354 e. The predicted octanol–water partition coefficient (Wildman–Crippen LogP) is 3.97. The standard InChI is InChI=1S/C20H19ClN2O2.C6H5NO2/c21-16-6-3-5-15(13-16)9-11-20(25)10-4-7-17(14-20)23-19(24)18-8-1-2-12-22-18;8-6(9)5-3-1-2-4-7-5/h1-3,5-6,8,12-13,17,25H,4,7,10,14H2,(H,23,24);1-4H,(H,8,9)/t17-,20+;/m0./s1. The van der Waals surface area contributed by atoms with Crippen molar-refractivity contribution in [1.82, 2.24) is 15.3 Å². The summed E-state index contributed by atoms with van der Waals surface area (Å²) in [7, 11) is 0. The molecule has 2 aromatic heterocycles. The van der Waals surface area contributed by atoms with Crippen LogP contribution in [0.15, 0.2) is 73.1 Å². The quantitative estimate of drug-likeness (QED) is 0.492. The number of nitrogens with one attached hydrogen (secondary N) is 1. The molecule has 7 nitrogen and oxygen atoms in total. The van der Waals surface area contributed by atoms with Gasteiger partial charge in [0.05, 0.1) is 0 Å². The number of carboxylic acid groups (broad SMARTS) is 1. The van der Waals surface area contributed by atoms with Crippen molar-refractivity contribution in [2.24, 2.45) is 0 Å². The molecule has 174 valence electrons. The Bertz CT molecular complexity index is 1180. The normalized spacial score (nSPS) is 18.9. The van der Waals surface area contributed by atoms with E-state index < -0.39 is 11.6 Å². The molecule has 2 heterocycles. The van der Waals surface area contributed by atoms with Gasteiger partial charge in [0.2, 0.25) is 0 Å². The molecule has 1 fully saturated rings. The predicted molar refractivity (Wildman–Crippen MR) is 128 cm³/mol. The maximum absolute atomic E-state index is 12.2. The summed E-state index contributed by atoms with van der Waals surface area (Å²) in [5, 5.41) is 22.7. The molecule has 1 aromatic carbocycles. The molecule has 1 aliphatic rings. The molecule has 4 rings (SSSR count). The second-order valence-corrected chi connectivity index (χ2v) is 8.23. The van der Waals surface area contributed by atoms with Gasteiger partial charge in [-0.2, -0.15) is 0 Å². The Kier molecular flexibility index (Phi) is 8.74. The highest BCUT2D eigenvalue weighted by Crippen LogP contribution is 2.28. The number of aromatic nitrogens is 2. The lowest BCUT2D eigenvalue weighted by Crippen LogP contribution is -2.45. The van der Waals surface area contributed by atoms with E-state index >= 15 is 0 Å². The summed E-state index contributed by atoms with van der Waals surface area (Å²) in [6, 6.07) is 17.1. The van der Waals surface area contributed by atoms with Gasteiger partial charge < -0.3 is 15.5 Å². The van der Waals surface area contributed by atoms with Crippen LogP contribution in [0.2, 0.25) is 5.02 Å². The van der Waals surface area contributed by atoms with Crippen LogP contribution in [0, 0.1) is 11.8 Å². The fraction of sp³-hybridized carbons (Fsp3) is 0.231. The van der Waals surface area contributed by atoms with Crippen LogP contribution in [0.1, 0.15) is 52.2 Å². The van der Waals surface area contributed by atoms with Crippen LogP contribution < -0.4 is 5.32 Å². The number of carboxylic acids is 1. The number of amides is 1. The summed E-state index contributed by atoms with van der Waals surface area (Å²) in [6.07, 6.45) is 5.65. The van der Waals surface area contributed by atoms with E-state index in [1.807, 2.05) is 12.1 Å². The lowest BCUT2D eigenvalue weighted by atomic mass is 9.82. The van der Waals surface area contributed by atoms with Gasteiger partial charge in [0.1, 0.15) is 17.0 Å². The summed E-state index contributed by atoms with van der Waals surface area (Å²) < 4.78 is 0. The molecule has 34 heavy (non-hydrogen) atoms. The number of aliphatic hydroxyl groups is 1. The summed E-state index contributed by atoms with van der Waals surface area (Å²) in [5.74, 6) is 4.74. The number of pyridine rings is 2. The van der Waals surface area contributed by atoms with Crippen LogP contribution in [0.25, 0.3) is 0 Å². The number of hydrogen-bond donors (Lipinski definition) is 3. The van der Waals surface area contributed by atoms with Crippen LogP contribution in [0.3, 0.4) is 0 Å². The van der Waals surface area contributed by atoms with Gasteiger partial charge in [0.15, 0.2) is 0 Å². The lowest BCUT2D eigenvalue weighted by Gasteiger charge is -2.33. The van der Waals surface area contributed by atoms with Crippen molar-refractivity contribution < 1.29 is 19.8 Å². The van der Waals surface area contributed by atoms with Gasteiger partial charge in [-0.25, -0.2) is 9.78 Å². The number of carbonyl (C=O) groups excluding carboxylic acids is 1. The Morgan fingerprint density at radius 2 is 1.74 bits per heavy atom. The maximum atomic E-state index is 12.2. The number of halogens is 1. The highest BCUT2D eigenvalue weighted by atomic mass is 35.5. The molecule has 1 aliphatic carbocycles. The number of rotatable bonds is 3. The Morgan fingerprint density at radius 1 is 1.03 bits per heavy atom. The van der Waals surface area contributed by atoms with E-state index in [1.165, 1.54) is 12.3 Å². The number of aromatic carboxylic acids is 1. The SMILES string of the molecule is O=C(N[C@H]1CCC[C@@](O)(C#Cc2cccc(Cl)c2)C1)c1ccccn1.O=C(O)c1ccccn1. The summed E-state index contributed by atoms with van der Waals surface area (Å²) in [4.78, 5) is 30.0. The van der Waals surface area contributed by atoms with Gasteiger partial charge in [0, 0.05) is 35.4 Å². The zero-order valence-corrected chi connectivity index (χ0v) is 19.1. The Hall–Kier alpha value is -3.73. The molecular weight excluding hydrogens is 454 g/mol. The molecule has 8 heteroatoms. The third kappa shape index (κ3) is 7.69. The maximum Gasteiger partial charge on any atom is 0.354 e. The minimum Gasteiger partial charge on any atom is -0.477 e. The molecule has 0 radical (unpaired) electrons. The average Bonchev–Trinajstić information content (AvgIpc) is 2.84. The zero-order chi connectivity index (χ0) is 24.4. The molecule has 0 spiro atoms. The summed E-state index contributed by atoms with van der Waals surface area (Å²) in [5.41, 5.74) is 0.113. The number of benzene rings is 1. The second-order valence-electron chi connectivity index (χ2n) is 7.79. The topological polar surface area (TPSA) is 112 Å². The number of nitrogens with zero attached hydrogens (tertiary/aromatic N) is 2. The van der Waals surface area contributed by atoms with Crippen molar-refractivity contribution in [3.63, 3.8) is 0 Å². The van der Waals surface area contributed by atoms with Crippen molar-refractivity contribution in [3.8, 4) is 11.8 Å². The Labute approximate surface area is 202 Å². The molecule has 1 saturated carbocycles. The third-order valence-corrected chi connectivity index (χ3v) is 5.34. The van der Waals surface area contributed by atoms with Crippen LogP contribution >= 0.6 is 11.6 Å². The van der Waals surface area contributed by atoms with Crippen LogP contribution in [0.5, 0.6) is 0 Å². The van der Waals surface area contributed by atoms with Crippen molar-refractivity contribution in [2.75, 3.05) is 0 Å². The fourth-order valence-electron chi connectivity index (χ4n) is 3.49. The minimum absolute atomic E-state index is 0.0810. The fourth-order valence-corrected chi connectivity index (χ4v) is 3.68. The molecule has 0 aliphatic heterocycles. The molecular formula is C26H24ClN3O4. The average molecular weight is 478 g/mol. The van der Waals surface area contributed by atoms with Gasteiger partial charge >= 0.3 is 5.97 Å². The molecule has 2 atom stereocenters. The monoisotopic (exact) mass is 477 g/mol. The van der Waals surface area contributed by atoms with Gasteiger partial charge in [-0.05, 0) is 61.7 Å².